The van der Waals surface area contributed by atoms with Gasteiger partial charge in [0.25, 0.3) is 0 Å². The van der Waals surface area contributed by atoms with Gasteiger partial charge in [-0.05, 0) is 42.9 Å². The van der Waals surface area contributed by atoms with Crippen LogP contribution in [0.2, 0.25) is 0 Å². The minimum atomic E-state index is -5.36. The van der Waals surface area contributed by atoms with E-state index in [1.165, 1.54) is 6.07 Å². The molecular weight excluding hydrogens is 353 g/mol. The Morgan fingerprint density at radius 2 is 1.60 bits per heavy atom. The largest absolute Gasteiger partial charge is 0.407 e. The van der Waals surface area contributed by atoms with Crippen LogP contribution in [-0.4, -0.2) is 20.3 Å². The first-order chi connectivity index (χ1) is 11.8. The maximum Gasteiger partial charge on any atom is 0.407 e. The fourth-order valence-electron chi connectivity index (χ4n) is 2.46. The maximum absolute atomic E-state index is 13.3. The molecule has 0 bridgehead atoms. The van der Waals surface area contributed by atoms with Gasteiger partial charge in [0.05, 0.1) is 0 Å². The predicted molar refractivity (Wildman–Crippen MR) is 93.4 cm³/mol. The van der Waals surface area contributed by atoms with Crippen LogP contribution < -0.4 is 4.18 Å². The molecule has 0 fully saturated rings. The highest BCUT2D eigenvalue weighted by Gasteiger charge is 2.48. The third kappa shape index (κ3) is 6.53. The summed E-state index contributed by atoms with van der Waals surface area (Å²) >= 11 is 0. The van der Waals surface area contributed by atoms with E-state index >= 15 is 0 Å². The Bertz CT molecular complexity index is 630. The van der Waals surface area contributed by atoms with Crippen LogP contribution in [0.1, 0.15) is 63.5 Å². The summed E-state index contributed by atoms with van der Waals surface area (Å²) in [4.78, 5) is 0. The number of alkyl halides is 3. The van der Waals surface area contributed by atoms with E-state index in [9.17, 15) is 21.6 Å². The maximum atomic E-state index is 13.3. The molecule has 0 saturated carbocycles. The zero-order valence-corrected chi connectivity index (χ0v) is 15.7. The molecule has 0 N–H and O–H groups in total. The lowest BCUT2D eigenvalue weighted by Crippen LogP contribution is -2.35. The number of benzene rings is 1. The van der Waals surface area contributed by atoms with Crippen LogP contribution in [0.4, 0.5) is 13.2 Å². The summed E-state index contributed by atoms with van der Waals surface area (Å²) in [5.74, 6) is -0.136. The van der Waals surface area contributed by atoms with E-state index in [0.29, 0.717) is 12.0 Å². The normalized spacial score (nSPS) is 12.4. The van der Waals surface area contributed by atoms with Gasteiger partial charge >= 0.3 is 15.4 Å². The number of halogens is 3. The number of rotatable bonds is 12. The molecule has 0 aromatic heterocycles. The van der Waals surface area contributed by atoms with Crippen molar-refractivity contribution >= 4 is 10.1 Å². The molecule has 0 aliphatic heterocycles. The number of hydrogen-bond donors (Lipinski definition) is 0. The molecule has 7 heteroatoms. The molecule has 0 spiro atoms. The van der Waals surface area contributed by atoms with Crippen LogP contribution in [-0.2, 0) is 23.0 Å². The van der Waals surface area contributed by atoms with Crippen LogP contribution >= 0.6 is 0 Å². The van der Waals surface area contributed by atoms with Crippen LogP contribution in [0.15, 0.2) is 18.2 Å². The summed E-state index contributed by atoms with van der Waals surface area (Å²) in [5.41, 5.74) is 1.59. The van der Waals surface area contributed by atoms with E-state index in [-0.39, 0.29) is 5.75 Å². The van der Waals surface area contributed by atoms with Crippen molar-refractivity contribution in [2.24, 2.45) is 0 Å². The molecule has 0 atom stereocenters. The molecule has 0 radical (unpaired) electrons. The average Bonchev–Trinajstić information content (AvgIpc) is 2.57. The van der Waals surface area contributed by atoms with Crippen molar-refractivity contribution < 1.29 is 25.8 Å². The second kappa shape index (κ2) is 10.0. The minimum absolute atomic E-state index is 0.136. The number of aryl methyl sites for hydroxylation is 2. The molecular formula is C18H27F3O3S. The summed E-state index contributed by atoms with van der Waals surface area (Å²) in [7, 11) is -5.36. The summed E-state index contributed by atoms with van der Waals surface area (Å²) < 4.78 is 66.7. The third-order valence-electron chi connectivity index (χ3n) is 3.96. The van der Waals surface area contributed by atoms with Crippen molar-refractivity contribution in [1.29, 1.82) is 0 Å². The highest BCUT2D eigenvalue weighted by atomic mass is 32.2. The fraction of sp³-hybridized carbons (Fsp3) is 0.667. The first-order valence-corrected chi connectivity index (χ1v) is 10.2. The monoisotopic (exact) mass is 380 g/mol. The molecule has 1 aromatic carbocycles. The van der Waals surface area contributed by atoms with Gasteiger partial charge in [0.15, 0.2) is 6.67 Å². The van der Waals surface area contributed by atoms with Gasteiger partial charge < -0.3 is 4.18 Å². The molecule has 3 nitrogen and oxygen atoms in total. The van der Waals surface area contributed by atoms with Gasteiger partial charge in [0, 0.05) is 0 Å². The van der Waals surface area contributed by atoms with Crippen LogP contribution in [0.5, 0.6) is 5.75 Å². The Balaban J connectivity index is 3.03. The van der Waals surface area contributed by atoms with E-state index in [1.54, 1.807) is 6.07 Å². The van der Waals surface area contributed by atoms with Gasteiger partial charge in [-0.3, -0.25) is 0 Å². The number of hydrogen-bond acceptors (Lipinski definition) is 3. The zero-order chi connectivity index (χ0) is 18.9. The zero-order valence-electron chi connectivity index (χ0n) is 14.9. The van der Waals surface area contributed by atoms with Gasteiger partial charge in [0.1, 0.15) is 5.75 Å². The SMILES string of the molecule is CCCCCc1ccc(OS(=O)(=O)C(F)(F)CF)c(CCCCC)c1. The van der Waals surface area contributed by atoms with Gasteiger partial charge in [-0.1, -0.05) is 51.7 Å². The standard InChI is InChI=1S/C18H27F3O3S/c1-3-5-7-9-15-11-12-17(16(13-15)10-8-6-4-2)24-25(22,23)18(20,21)14-19/h11-13H,3-10,14H2,1-2H3. The molecule has 0 unspecified atom stereocenters. The van der Waals surface area contributed by atoms with E-state index < -0.39 is 22.0 Å². The third-order valence-corrected chi connectivity index (χ3v) is 5.20. The molecule has 0 aliphatic rings. The molecule has 0 saturated heterocycles. The lowest BCUT2D eigenvalue weighted by Gasteiger charge is -2.17. The first-order valence-electron chi connectivity index (χ1n) is 8.77. The highest BCUT2D eigenvalue weighted by Crippen LogP contribution is 2.30. The van der Waals surface area contributed by atoms with Gasteiger partial charge in [-0.2, -0.15) is 17.2 Å². The van der Waals surface area contributed by atoms with E-state index in [1.807, 2.05) is 13.0 Å². The van der Waals surface area contributed by atoms with Crippen molar-refractivity contribution in [3.8, 4) is 5.75 Å². The lowest BCUT2D eigenvalue weighted by atomic mass is 10.0. The van der Waals surface area contributed by atoms with Crippen molar-refractivity contribution in [2.75, 3.05) is 6.67 Å². The fourth-order valence-corrected chi connectivity index (χ4v) is 3.11. The summed E-state index contributed by atoms with van der Waals surface area (Å²) in [6, 6.07) is 4.88. The van der Waals surface area contributed by atoms with Crippen LogP contribution in [0, 0.1) is 0 Å². The van der Waals surface area contributed by atoms with E-state index in [4.69, 9.17) is 0 Å². The van der Waals surface area contributed by atoms with Gasteiger partial charge in [0.2, 0.25) is 0 Å². The Morgan fingerprint density at radius 1 is 1.00 bits per heavy atom. The Labute approximate surface area is 148 Å². The highest BCUT2D eigenvalue weighted by molar-refractivity contribution is 7.88. The Hall–Kier alpha value is -1.24. The van der Waals surface area contributed by atoms with Crippen molar-refractivity contribution in [2.45, 2.75) is 70.5 Å². The average molecular weight is 380 g/mol. The van der Waals surface area contributed by atoms with E-state index in [0.717, 1.165) is 50.5 Å². The second-order valence-corrected chi connectivity index (χ2v) is 7.84. The predicted octanol–water partition coefficient (Wildman–Crippen LogP) is 5.42. The van der Waals surface area contributed by atoms with E-state index in [2.05, 4.69) is 11.1 Å². The molecule has 25 heavy (non-hydrogen) atoms. The second-order valence-electron chi connectivity index (χ2n) is 6.16. The summed E-state index contributed by atoms with van der Waals surface area (Å²) in [6.07, 6.45) is 7.25. The lowest BCUT2D eigenvalue weighted by molar-refractivity contribution is 0.0538. The molecule has 0 heterocycles. The quantitative estimate of drug-likeness (QED) is 0.359. The van der Waals surface area contributed by atoms with Crippen molar-refractivity contribution in [1.82, 2.24) is 0 Å². The molecule has 0 aliphatic carbocycles. The molecule has 0 amide bonds. The smallest absolute Gasteiger partial charge is 0.378 e. The van der Waals surface area contributed by atoms with Crippen LogP contribution in [0.25, 0.3) is 0 Å². The molecule has 1 aromatic rings. The van der Waals surface area contributed by atoms with Crippen LogP contribution in [0.3, 0.4) is 0 Å². The van der Waals surface area contributed by atoms with Gasteiger partial charge in [-0.25, -0.2) is 4.39 Å². The first kappa shape index (κ1) is 21.8. The molecule has 144 valence electrons. The van der Waals surface area contributed by atoms with Crippen molar-refractivity contribution in [3.05, 3.63) is 29.3 Å². The summed E-state index contributed by atoms with van der Waals surface area (Å²) in [6.45, 7) is 1.82. The summed E-state index contributed by atoms with van der Waals surface area (Å²) in [5, 5.41) is -4.55. The van der Waals surface area contributed by atoms with Crippen molar-refractivity contribution in [3.63, 3.8) is 0 Å². The molecule has 1 rings (SSSR count). The number of unbranched alkanes of at least 4 members (excludes halogenated alkanes) is 4. The Morgan fingerprint density at radius 3 is 2.16 bits per heavy atom. The Kier molecular flexibility index (Phi) is 8.76. The van der Waals surface area contributed by atoms with Gasteiger partial charge in [-0.15, -0.1) is 0 Å². The minimum Gasteiger partial charge on any atom is -0.378 e. The topological polar surface area (TPSA) is 43.4 Å².